The molecule has 1 saturated carbocycles. The summed E-state index contributed by atoms with van der Waals surface area (Å²) >= 11 is 0. The van der Waals surface area contributed by atoms with Crippen molar-refractivity contribution >= 4 is 17.5 Å². The first-order chi connectivity index (χ1) is 17.2. The molecule has 2 amide bonds. The number of benzene rings is 1. The summed E-state index contributed by atoms with van der Waals surface area (Å²) in [5.74, 6) is 0.656. The highest BCUT2D eigenvalue weighted by molar-refractivity contribution is 5.93. The van der Waals surface area contributed by atoms with E-state index in [9.17, 15) is 14.0 Å². The summed E-state index contributed by atoms with van der Waals surface area (Å²) in [5.41, 5.74) is 2.43. The van der Waals surface area contributed by atoms with Crippen molar-refractivity contribution in [3.63, 3.8) is 0 Å². The van der Waals surface area contributed by atoms with E-state index in [4.69, 9.17) is 4.74 Å². The van der Waals surface area contributed by atoms with Crippen LogP contribution in [0.2, 0.25) is 0 Å². The van der Waals surface area contributed by atoms with Crippen LogP contribution in [-0.4, -0.2) is 42.5 Å². The Hall–Kier alpha value is -1.95. The predicted molar refractivity (Wildman–Crippen MR) is 143 cm³/mol. The number of ether oxygens (including phenoxy) is 1. The Balaban J connectivity index is 1.61. The molecule has 36 heavy (non-hydrogen) atoms. The number of hydrogen-bond donors (Lipinski definition) is 1. The number of halogens is 1. The lowest BCUT2D eigenvalue weighted by molar-refractivity contribution is -0.137. The fourth-order valence-corrected chi connectivity index (χ4v) is 5.61. The van der Waals surface area contributed by atoms with Crippen molar-refractivity contribution in [3.8, 4) is 0 Å². The summed E-state index contributed by atoms with van der Waals surface area (Å²) in [4.78, 5) is 28.0. The van der Waals surface area contributed by atoms with E-state index in [1.54, 1.807) is 6.07 Å². The molecule has 5 nitrogen and oxygen atoms in total. The highest BCUT2D eigenvalue weighted by atomic mass is 19.1. The number of nitrogens with zero attached hydrogens (tertiary/aromatic N) is 1. The monoisotopic (exact) mass is 502 g/mol. The molecule has 1 aliphatic carbocycles. The molecule has 4 unspecified atom stereocenters. The lowest BCUT2D eigenvalue weighted by Gasteiger charge is -2.33. The zero-order chi connectivity index (χ0) is 26.2. The molecular formula is C30H47FN2O3. The quantitative estimate of drug-likeness (QED) is 0.375. The van der Waals surface area contributed by atoms with Gasteiger partial charge in [0, 0.05) is 30.8 Å². The molecule has 1 heterocycles. The van der Waals surface area contributed by atoms with Gasteiger partial charge in [0.15, 0.2) is 0 Å². The minimum Gasteiger partial charge on any atom is -0.381 e. The Morgan fingerprint density at radius 2 is 1.78 bits per heavy atom. The number of carbonyl (C=O) groups is 2. The molecule has 2 aliphatic rings. The van der Waals surface area contributed by atoms with Gasteiger partial charge in [-0.15, -0.1) is 0 Å². The van der Waals surface area contributed by atoms with E-state index in [2.05, 4.69) is 37.9 Å². The average molecular weight is 503 g/mol. The maximum atomic E-state index is 14.6. The zero-order valence-corrected chi connectivity index (χ0v) is 23.1. The highest BCUT2D eigenvalue weighted by Gasteiger charge is 2.30. The molecule has 202 valence electrons. The van der Waals surface area contributed by atoms with Crippen LogP contribution in [-0.2, 0) is 20.7 Å². The molecule has 0 bridgehead atoms. The summed E-state index contributed by atoms with van der Waals surface area (Å²) in [6.07, 6.45) is 8.71. The lowest BCUT2D eigenvalue weighted by atomic mass is 9.85. The van der Waals surface area contributed by atoms with Gasteiger partial charge in [0.1, 0.15) is 5.82 Å². The van der Waals surface area contributed by atoms with E-state index in [-0.39, 0.29) is 29.6 Å². The molecule has 0 spiro atoms. The predicted octanol–water partition coefficient (Wildman–Crippen LogP) is 6.52. The second-order valence-electron chi connectivity index (χ2n) is 11.4. The molecule has 1 aromatic rings. The maximum absolute atomic E-state index is 14.6. The lowest BCUT2D eigenvalue weighted by Crippen LogP contribution is -2.42. The first-order valence-corrected chi connectivity index (χ1v) is 14.2. The van der Waals surface area contributed by atoms with Crippen LogP contribution in [0.25, 0.3) is 0 Å². The van der Waals surface area contributed by atoms with Crippen LogP contribution in [0.1, 0.15) is 90.2 Å². The van der Waals surface area contributed by atoms with Gasteiger partial charge in [-0.3, -0.25) is 9.59 Å². The van der Waals surface area contributed by atoms with Crippen molar-refractivity contribution < 1.29 is 18.7 Å². The van der Waals surface area contributed by atoms with E-state index in [1.165, 1.54) is 18.9 Å². The summed E-state index contributed by atoms with van der Waals surface area (Å²) in [5, 5.41) is 2.96. The highest BCUT2D eigenvalue weighted by Crippen LogP contribution is 2.30. The van der Waals surface area contributed by atoms with Gasteiger partial charge < -0.3 is 15.0 Å². The van der Waals surface area contributed by atoms with Crippen molar-refractivity contribution in [2.75, 3.05) is 25.1 Å². The molecule has 1 saturated heterocycles. The van der Waals surface area contributed by atoms with Gasteiger partial charge in [-0.05, 0) is 93.9 Å². The topological polar surface area (TPSA) is 58.6 Å². The third kappa shape index (κ3) is 7.53. The second-order valence-corrected chi connectivity index (χ2v) is 11.4. The number of hydrogen-bond acceptors (Lipinski definition) is 3. The number of carbonyl (C=O) groups excluding carboxylic acids is 2. The van der Waals surface area contributed by atoms with Crippen molar-refractivity contribution in [2.45, 2.75) is 98.4 Å². The Labute approximate surface area is 217 Å². The van der Waals surface area contributed by atoms with Gasteiger partial charge in [-0.1, -0.05) is 33.6 Å². The number of amides is 2. The van der Waals surface area contributed by atoms with Crippen molar-refractivity contribution in [1.82, 2.24) is 4.90 Å². The van der Waals surface area contributed by atoms with E-state index < -0.39 is 0 Å². The fourth-order valence-electron chi connectivity index (χ4n) is 5.61. The van der Waals surface area contributed by atoms with Crippen LogP contribution < -0.4 is 5.32 Å². The van der Waals surface area contributed by atoms with Gasteiger partial charge in [0.05, 0.1) is 12.5 Å². The third-order valence-corrected chi connectivity index (χ3v) is 8.72. The third-order valence-electron chi connectivity index (χ3n) is 8.72. The molecule has 4 atom stereocenters. The zero-order valence-electron chi connectivity index (χ0n) is 23.1. The SMILES string of the molecule is CCC(C)N(CCC(C)C(C)Cc1cc(F)cc(NC(=O)C2CCCOC2)c1C)C(=O)C1CCCC1. The molecule has 6 heteroatoms. The van der Waals surface area contributed by atoms with Crippen LogP contribution in [0.3, 0.4) is 0 Å². The molecule has 3 rings (SSSR count). The van der Waals surface area contributed by atoms with Crippen molar-refractivity contribution in [3.05, 3.63) is 29.1 Å². The smallest absolute Gasteiger partial charge is 0.229 e. The summed E-state index contributed by atoms with van der Waals surface area (Å²) in [6.45, 7) is 12.6. The summed E-state index contributed by atoms with van der Waals surface area (Å²) in [7, 11) is 0. The van der Waals surface area contributed by atoms with Crippen molar-refractivity contribution in [1.29, 1.82) is 0 Å². The number of rotatable bonds is 11. The van der Waals surface area contributed by atoms with Crippen LogP contribution in [0.5, 0.6) is 0 Å². The van der Waals surface area contributed by atoms with Crippen molar-refractivity contribution in [2.24, 2.45) is 23.7 Å². The molecule has 0 radical (unpaired) electrons. The van der Waals surface area contributed by atoms with Crippen LogP contribution in [0, 0.1) is 36.4 Å². The Morgan fingerprint density at radius 1 is 1.08 bits per heavy atom. The Bertz CT molecular complexity index is 877. The molecule has 0 aromatic heterocycles. The minimum atomic E-state index is -0.323. The Morgan fingerprint density at radius 3 is 2.42 bits per heavy atom. The first kappa shape index (κ1) is 28.6. The number of anilines is 1. The van der Waals surface area contributed by atoms with E-state index in [0.717, 1.165) is 62.6 Å². The Kier molecular flexibility index (Phi) is 10.8. The number of nitrogens with one attached hydrogen (secondary N) is 1. The van der Waals surface area contributed by atoms with E-state index in [0.29, 0.717) is 36.6 Å². The van der Waals surface area contributed by atoms with Gasteiger partial charge in [-0.25, -0.2) is 4.39 Å². The maximum Gasteiger partial charge on any atom is 0.229 e. The largest absolute Gasteiger partial charge is 0.381 e. The standard InChI is InChI=1S/C30H47FN2O3/c1-6-22(4)33(30(35)24-10-7-8-11-24)14-13-20(2)21(3)16-26-17-27(31)18-28(23(26)5)32-29(34)25-12-9-15-36-19-25/h17-18,20-22,24-25H,6-16,19H2,1-5H3,(H,32,34). The first-order valence-electron chi connectivity index (χ1n) is 14.2. The molecule has 1 aromatic carbocycles. The fraction of sp³-hybridized carbons (Fsp3) is 0.733. The molecule has 2 fully saturated rings. The normalized spacial score (nSPS) is 21.1. The second kappa shape index (κ2) is 13.6. The van der Waals surface area contributed by atoms with Gasteiger partial charge in [-0.2, -0.15) is 0 Å². The molecule has 1 aliphatic heterocycles. The summed E-state index contributed by atoms with van der Waals surface area (Å²) in [6, 6.07) is 3.28. The average Bonchev–Trinajstić information content (AvgIpc) is 3.42. The molecular weight excluding hydrogens is 455 g/mol. The van der Waals surface area contributed by atoms with Crippen LogP contribution in [0.15, 0.2) is 12.1 Å². The minimum absolute atomic E-state index is 0.0900. The van der Waals surface area contributed by atoms with E-state index >= 15 is 0 Å². The van der Waals surface area contributed by atoms with Gasteiger partial charge in [0.2, 0.25) is 11.8 Å². The van der Waals surface area contributed by atoms with Gasteiger partial charge in [0.25, 0.3) is 0 Å². The summed E-state index contributed by atoms with van der Waals surface area (Å²) < 4.78 is 20.0. The van der Waals surface area contributed by atoms with Crippen LogP contribution in [0.4, 0.5) is 10.1 Å². The molecule has 1 N–H and O–H groups in total. The van der Waals surface area contributed by atoms with Crippen LogP contribution >= 0.6 is 0 Å². The van der Waals surface area contributed by atoms with E-state index in [1.807, 2.05) is 6.92 Å². The van der Waals surface area contributed by atoms with Gasteiger partial charge >= 0.3 is 0 Å².